The van der Waals surface area contributed by atoms with Crippen LogP contribution in [0.1, 0.15) is 6.42 Å². The molecule has 0 saturated carbocycles. The van der Waals surface area contributed by atoms with E-state index in [1.54, 1.807) is 24.3 Å². The number of carbonyl (C=O) groups is 1. The second kappa shape index (κ2) is 6.75. The summed E-state index contributed by atoms with van der Waals surface area (Å²) in [5, 5.41) is 1.77. The monoisotopic (exact) mass is 384 g/mol. The molecular formula is C20H17FN2O3S. The number of hydrogen-bond donors (Lipinski definition) is 1. The fraction of sp³-hybridized carbons (Fsp3) is 0.150. The Bertz CT molecular complexity index is 1130. The summed E-state index contributed by atoms with van der Waals surface area (Å²) in [6.07, 6.45) is 0.0311. The SMILES string of the molecule is O=C1C[C@H](NS(=O)(=O)c2ccc3ccccc3c2)CN1c1cccc(F)c1. The highest BCUT2D eigenvalue weighted by Crippen LogP contribution is 2.24. The van der Waals surface area contributed by atoms with Crippen LogP contribution in [0.3, 0.4) is 0 Å². The fourth-order valence-electron chi connectivity index (χ4n) is 3.30. The van der Waals surface area contributed by atoms with Crippen LogP contribution in [0.25, 0.3) is 10.8 Å². The zero-order chi connectivity index (χ0) is 19.0. The third-order valence-electron chi connectivity index (χ3n) is 4.60. The molecule has 1 aliphatic rings. The lowest BCUT2D eigenvalue weighted by Gasteiger charge is -2.17. The number of amides is 1. The molecule has 138 valence electrons. The molecule has 7 heteroatoms. The summed E-state index contributed by atoms with van der Waals surface area (Å²) in [5.74, 6) is -0.688. The molecular weight excluding hydrogens is 367 g/mol. The molecule has 0 radical (unpaired) electrons. The van der Waals surface area contributed by atoms with Crippen molar-refractivity contribution in [2.45, 2.75) is 17.4 Å². The Morgan fingerprint density at radius 3 is 2.52 bits per heavy atom. The molecule has 1 aliphatic heterocycles. The zero-order valence-electron chi connectivity index (χ0n) is 14.3. The lowest BCUT2D eigenvalue weighted by molar-refractivity contribution is -0.117. The quantitative estimate of drug-likeness (QED) is 0.752. The molecule has 0 unspecified atom stereocenters. The van der Waals surface area contributed by atoms with E-state index in [-0.39, 0.29) is 23.8 Å². The minimum absolute atomic E-state index is 0.0311. The van der Waals surface area contributed by atoms with Crippen LogP contribution in [-0.4, -0.2) is 26.9 Å². The maximum Gasteiger partial charge on any atom is 0.240 e. The topological polar surface area (TPSA) is 66.5 Å². The van der Waals surface area contributed by atoms with Gasteiger partial charge in [-0.15, -0.1) is 0 Å². The molecule has 1 atom stereocenters. The van der Waals surface area contributed by atoms with Crippen molar-refractivity contribution in [3.63, 3.8) is 0 Å². The van der Waals surface area contributed by atoms with Crippen molar-refractivity contribution < 1.29 is 17.6 Å². The predicted molar refractivity (Wildman–Crippen MR) is 101 cm³/mol. The van der Waals surface area contributed by atoms with Crippen LogP contribution in [0.4, 0.5) is 10.1 Å². The molecule has 0 aromatic heterocycles. The summed E-state index contributed by atoms with van der Waals surface area (Å²) in [5.41, 5.74) is 0.424. The van der Waals surface area contributed by atoms with Crippen LogP contribution in [0.2, 0.25) is 0 Å². The van der Waals surface area contributed by atoms with Crippen LogP contribution in [0, 0.1) is 5.82 Å². The number of carbonyl (C=O) groups excluding carboxylic acids is 1. The zero-order valence-corrected chi connectivity index (χ0v) is 15.1. The van der Waals surface area contributed by atoms with Crippen molar-refractivity contribution >= 4 is 32.4 Å². The van der Waals surface area contributed by atoms with Crippen molar-refractivity contribution in [1.82, 2.24) is 4.72 Å². The van der Waals surface area contributed by atoms with Crippen LogP contribution in [0.15, 0.2) is 71.6 Å². The van der Waals surface area contributed by atoms with Crippen LogP contribution >= 0.6 is 0 Å². The molecule has 1 amide bonds. The molecule has 1 heterocycles. The number of nitrogens with zero attached hydrogens (tertiary/aromatic N) is 1. The van der Waals surface area contributed by atoms with Gasteiger partial charge >= 0.3 is 0 Å². The molecule has 27 heavy (non-hydrogen) atoms. The molecule has 5 nitrogen and oxygen atoms in total. The van der Waals surface area contributed by atoms with E-state index in [9.17, 15) is 17.6 Å². The van der Waals surface area contributed by atoms with E-state index in [1.165, 1.54) is 23.1 Å². The van der Waals surface area contributed by atoms with Gasteiger partial charge in [0, 0.05) is 24.7 Å². The fourth-order valence-corrected chi connectivity index (χ4v) is 4.56. The summed E-state index contributed by atoms with van der Waals surface area (Å²) in [6, 6.07) is 17.5. The van der Waals surface area contributed by atoms with E-state index in [4.69, 9.17) is 0 Å². The maximum absolute atomic E-state index is 13.4. The molecule has 1 N–H and O–H groups in total. The Kier molecular flexibility index (Phi) is 4.41. The number of benzene rings is 3. The van der Waals surface area contributed by atoms with Gasteiger partial charge < -0.3 is 4.90 Å². The molecule has 1 saturated heterocycles. The average molecular weight is 384 g/mol. The molecule has 1 fully saturated rings. The molecule has 3 aromatic rings. The highest BCUT2D eigenvalue weighted by molar-refractivity contribution is 7.89. The predicted octanol–water partition coefficient (Wildman–Crippen LogP) is 3.06. The number of anilines is 1. The molecule has 0 spiro atoms. The first kappa shape index (κ1) is 17.6. The van der Waals surface area contributed by atoms with Crippen molar-refractivity contribution in [1.29, 1.82) is 0 Å². The van der Waals surface area contributed by atoms with Crippen molar-refractivity contribution in [3.8, 4) is 0 Å². The van der Waals surface area contributed by atoms with E-state index in [2.05, 4.69) is 4.72 Å². The summed E-state index contributed by atoms with van der Waals surface area (Å²) < 4.78 is 41.5. The first-order valence-electron chi connectivity index (χ1n) is 8.49. The number of sulfonamides is 1. The van der Waals surface area contributed by atoms with Crippen LogP contribution < -0.4 is 9.62 Å². The third kappa shape index (κ3) is 3.56. The lowest BCUT2D eigenvalue weighted by Crippen LogP contribution is -2.37. The summed E-state index contributed by atoms with van der Waals surface area (Å²) in [7, 11) is -3.78. The van der Waals surface area contributed by atoms with Gasteiger partial charge in [-0.3, -0.25) is 4.79 Å². The Hall–Kier alpha value is -2.77. The van der Waals surface area contributed by atoms with E-state index >= 15 is 0 Å². The lowest BCUT2D eigenvalue weighted by atomic mass is 10.1. The average Bonchev–Trinajstić information content (AvgIpc) is 3.00. The van der Waals surface area contributed by atoms with E-state index in [1.807, 2.05) is 24.3 Å². The number of fused-ring (bicyclic) bond motifs is 1. The molecule has 4 rings (SSSR count). The van der Waals surface area contributed by atoms with Gasteiger partial charge in [0.2, 0.25) is 15.9 Å². The molecule has 0 aliphatic carbocycles. The molecule has 3 aromatic carbocycles. The standard InChI is InChI=1S/C20H17FN2O3S/c21-16-6-3-7-18(11-16)23-13-17(12-20(23)24)22-27(25,26)19-9-8-14-4-1-2-5-15(14)10-19/h1-11,17,22H,12-13H2/t17-/m0/s1. The van der Waals surface area contributed by atoms with Gasteiger partial charge in [-0.1, -0.05) is 36.4 Å². The second-order valence-corrected chi connectivity index (χ2v) is 8.23. The van der Waals surface area contributed by atoms with Gasteiger partial charge in [0.05, 0.1) is 4.90 Å². The number of hydrogen-bond acceptors (Lipinski definition) is 3. The van der Waals surface area contributed by atoms with Gasteiger partial charge in [-0.2, -0.15) is 0 Å². The normalized spacial score (nSPS) is 17.6. The van der Waals surface area contributed by atoms with Gasteiger partial charge in [0.15, 0.2) is 0 Å². The first-order valence-corrected chi connectivity index (χ1v) is 9.98. The van der Waals surface area contributed by atoms with Gasteiger partial charge in [-0.25, -0.2) is 17.5 Å². The van der Waals surface area contributed by atoms with E-state index < -0.39 is 21.9 Å². The maximum atomic E-state index is 13.4. The first-order chi connectivity index (χ1) is 12.9. The summed E-state index contributed by atoms with van der Waals surface area (Å²) in [6.45, 7) is 0.162. The minimum atomic E-state index is -3.78. The largest absolute Gasteiger partial charge is 0.311 e. The Balaban J connectivity index is 1.55. The van der Waals surface area contributed by atoms with Crippen molar-refractivity contribution in [3.05, 3.63) is 72.5 Å². The highest BCUT2D eigenvalue weighted by atomic mass is 32.2. The van der Waals surface area contributed by atoms with Crippen LogP contribution in [0.5, 0.6) is 0 Å². The van der Waals surface area contributed by atoms with E-state index in [0.717, 1.165) is 10.8 Å². The van der Waals surface area contributed by atoms with Gasteiger partial charge in [0.25, 0.3) is 0 Å². The van der Waals surface area contributed by atoms with Gasteiger partial charge in [-0.05, 0) is 41.1 Å². The molecule has 0 bridgehead atoms. The Morgan fingerprint density at radius 1 is 0.963 bits per heavy atom. The van der Waals surface area contributed by atoms with Crippen molar-refractivity contribution in [2.75, 3.05) is 11.4 Å². The third-order valence-corrected chi connectivity index (χ3v) is 6.12. The van der Waals surface area contributed by atoms with Crippen LogP contribution in [-0.2, 0) is 14.8 Å². The van der Waals surface area contributed by atoms with Gasteiger partial charge in [0.1, 0.15) is 5.82 Å². The van der Waals surface area contributed by atoms with Crippen molar-refractivity contribution in [2.24, 2.45) is 0 Å². The number of nitrogens with one attached hydrogen (secondary N) is 1. The van der Waals surface area contributed by atoms with E-state index in [0.29, 0.717) is 5.69 Å². The Morgan fingerprint density at radius 2 is 1.74 bits per heavy atom. The number of rotatable bonds is 4. The minimum Gasteiger partial charge on any atom is -0.311 e. The highest BCUT2D eigenvalue weighted by Gasteiger charge is 2.33. The summed E-state index contributed by atoms with van der Waals surface area (Å²) >= 11 is 0. The number of halogens is 1. The summed E-state index contributed by atoms with van der Waals surface area (Å²) in [4.78, 5) is 13.8. The smallest absolute Gasteiger partial charge is 0.240 e. The Labute approximate surface area is 156 Å². The second-order valence-electron chi connectivity index (χ2n) is 6.52.